The summed E-state index contributed by atoms with van der Waals surface area (Å²) >= 11 is 5.97. The van der Waals surface area contributed by atoms with Crippen molar-refractivity contribution in [2.45, 2.75) is 39.8 Å². The number of esters is 1. The number of amides is 1. The Morgan fingerprint density at radius 3 is 2.41 bits per heavy atom. The van der Waals surface area contributed by atoms with Crippen LogP contribution in [0.2, 0.25) is 5.02 Å². The quantitative estimate of drug-likeness (QED) is 0.389. The Labute approximate surface area is 200 Å². The Bertz CT molecular complexity index is 997. The zero-order valence-corrected chi connectivity index (χ0v) is 19.8. The normalized spacial score (nSPS) is 11.1. The number of alkyl halides is 3. The molecular weight excluding hydrogens is 477 g/mol. The zero-order chi connectivity index (χ0) is 25.3. The van der Waals surface area contributed by atoms with E-state index in [-0.39, 0.29) is 48.6 Å². The fourth-order valence-corrected chi connectivity index (χ4v) is 3.17. The van der Waals surface area contributed by atoms with E-state index in [9.17, 15) is 22.8 Å². The molecule has 7 nitrogen and oxygen atoms in total. The highest BCUT2D eigenvalue weighted by Crippen LogP contribution is 2.36. The molecular formula is C23H26ClF3N2O5. The van der Waals surface area contributed by atoms with Gasteiger partial charge in [0.2, 0.25) is 5.88 Å². The predicted octanol–water partition coefficient (Wildman–Crippen LogP) is 5.29. The number of hydrogen-bond acceptors (Lipinski definition) is 6. The molecule has 0 aliphatic rings. The standard InChI is InChI=1S/C23H26ClF3N2O5/c1-4-29(5-2)20(30)14-33-17-9-7-15(8-10-21(31)32-6-3)19(12-17)34-22-18(24)11-16(13-28-22)23(25,26)27/h7,9,11-13H,4-6,8,10,14H2,1-3H3. The van der Waals surface area contributed by atoms with E-state index in [0.717, 1.165) is 0 Å². The van der Waals surface area contributed by atoms with Gasteiger partial charge < -0.3 is 19.1 Å². The number of likely N-dealkylation sites (N-methyl/N-ethyl adjacent to an activating group) is 1. The summed E-state index contributed by atoms with van der Waals surface area (Å²) in [6.07, 6.45) is -3.71. The second-order valence-corrected chi connectivity index (χ2v) is 7.45. The Hall–Kier alpha value is -3.01. The molecule has 1 heterocycles. The van der Waals surface area contributed by atoms with Gasteiger partial charge >= 0.3 is 12.1 Å². The maximum absolute atomic E-state index is 12.9. The molecule has 0 aliphatic heterocycles. The highest BCUT2D eigenvalue weighted by molar-refractivity contribution is 6.31. The lowest BCUT2D eigenvalue weighted by Gasteiger charge is -2.19. The van der Waals surface area contributed by atoms with Crippen LogP contribution < -0.4 is 9.47 Å². The number of pyridine rings is 1. The first-order valence-electron chi connectivity index (χ1n) is 10.7. The first kappa shape index (κ1) is 27.2. The number of rotatable bonds is 11. The third kappa shape index (κ3) is 7.79. The molecule has 0 saturated carbocycles. The number of nitrogens with zero attached hydrogens (tertiary/aromatic N) is 2. The van der Waals surface area contributed by atoms with Crippen molar-refractivity contribution in [1.29, 1.82) is 0 Å². The molecule has 1 aromatic heterocycles. The largest absolute Gasteiger partial charge is 0.484 e. The van der Waals surface area contributed by atoms with Gasteiger partial charge in [0.25, 0.3) is 5.91 Å². The molecule has 0 unspecified atom stereocenters. The van der Waals surface area contributed by atoms with Crippen LogP contribution in [-0.4, -0.2) is 48.1 Å². The smallest absolute Gasteiger partial charge is 0.417 e. The third-order valence-corrected chi connectivity index (χ3v) is 5.03. The van der Waals surface area contributed by atoms with Crippen molar-refractivity contribution in [1.82, 2.24) is 9.88 Å². The van der Waals surface area contributed by atoms with Crippen LogP contribution in [0.4, 0.5) is 13.2 Å². The van der Waals surface area contributed by atoms with Crippen molar-refractivity contribution < 1.29 is 37.0 Å². The maximum Gasteiger partial charge on any atom is 0.417 e. The fourth-order valence-electron chi connectivity index (χ4n) is 2.97. The molecule has 0 N–H and O–H groups in total. The fraction of sp³-hybridized carbons (Fsp3) is 0.435. The van der Waals surface area contributed by atoms with E-state index in [1.807, 2.05) is 13.8 Å². The van der Waals surface area contributed by atoms with Gasteiger partial charge in [-0.05, 0) is 44.9 Å². The van der Waals surface area contributed by atoms with E-state index in [2.05, 4.69) is 4.98 Å². The summed E-state index contributed by atoms with van der Waals surface area (Å²) in [4.78, 5) is 29.3. The van der Waals surface area contributed by atoms with Gasteiger partial charge in [-0.25, -0.2) is 4.98 Å². The predicted molar refractivity (Wildman–Crippen MR) is 119 cm³/mol. The Balaban J connectivity index is 2.28. The van der Waals surface area contributed by atoms with Crippen LogP contribution in [-0.2, 0) is 26.9 Å². The lowest BCUT2D eigenvalue weighted by molar-refractivity contribution is -0.143. The van der Waals surface area contributed by atoms with Crippen LogP contribution >= 0.6 is 11.6 Å². The molecule has 34 heavy (non-hydrogen) atoms. The van der Waals surface area contributed by atoms with Crippen LogP contribution in [0.15, 0.2) is 30.5 Å². The average Bonchev–Trinajstić information content (AvgIpc) is 2.78. The summed E-state index contributed by atoms with van der Waals surface area (Å²) in [6, 6.07) is 5.41. The van der Waals surface area contributed by atoms with Gasteiger partial charge in [0.05, 0.1) is 12.2 Å². The minimum Gasteiger partial charge on any atom is -0.484 e. The second-order valence-electron chi connectivity index (χ2n) is 7.04. The first-order valence-corrected chi connectivity index (χ1v) is 11.1. The Morgan fingerprint density at radius 2 is 1.82 bits per heavy atom. The molecule has 0 radical (unpaired) electrons. The van der Waals surface area contributed by atoms with Gasteiger partial charge in [-0.15, -0.1) is 0 Å². The van der Waals surface area contributed by atoms with Crippen LogP contribution in [0.5, 0.6) is 17.4 Å². The van der Waals surface area contributed by atoms with Crippen molar-refractivity contribution in [2.24, 2.45) is 0 Å². The van der Waals surface area contributed by atoms with E-state index < -0.39 is 17.7 Å². The minimum absolute atomic E-state index is 0.0546. The molecule has 186 valence electrons. The first-order chi connectivity index (χ1) is 16.1. The summed E-state index contributed by atoms with van der Waals surface area (Å²) in [7, 11) is 0. The van der Waals surface area contributed by atoms with E-state index in [4.69, 9.17) is 25.8 Å². The molecule has 0 aliphatic carbocycles. The van der Waals surface area contributed by atoms with E-state index in [1.165, 1.54) is 6.07 Å². The van der Waals surface area contributed by atoms with Gasteiger partial charge in [-0.2, -0.15) is 13.2 Å². The molecule has 0 fully saturated rings. The van der Waals surface area contributed by atoms with Crippen LogP contribution in [0.3, 0.4) is 0 Å². The van der Waals surface area contributed by atoms with Crippen molar-refractivity contribution in [3.05, 3.63) is 46.6 Å². The van der Waals surface area contributed by atoms with Crippen LogP contribution in [0, 0.1) is 0 Å². The summed E-state index contributed by atoms with van der Waals surface area (Å²) < 4.78 is 54.9. The van der Waals surface area contributed by atoms with Crippen molar-refractivity contribution in [3.63, 3.8) is 0 Å². The minimum atomic E-state index is -4.61. The lowest BCUT2D eigenvalue weighted by atomic mass is 10.1. The number of aromatic nitrogens is 1. The van der Waals surface area contributed by atoms with Gasteiger partial charge in [0.15, 0.2) is 6.61 Å². The Morgan fingerprint density at radius 1 is 1.12 bits per heavy atom. The topological polar surface area (TPSA) is 78.0 Å². The Kier molecular flexibility index (Phi) is 9.97. The number of halogens is 4. The summed E-state index contributed by atoms with van der Waals surface area (Å²) in [5.74, 6) is -0.399. The number of aryl methyl sites for hydroxylation is 1. The molecule has 0 saturated heterocycles. The summed E-state index contributed by atoms with van der Waals surface area (Å²) in [5, 5.41) is -0.339. The lowest BCUT2D eigenvalue weighted by Crippen LogP contribution is -2.34. The van der Waals surface area contributed by atoms with Crippen molar-refractivity contribution in [3.8, 4) is 17.4 Å². The maximum atomic E-state index is 12.9. The molecule has 1 amide bonds. The summed E-state index contributed by atoms with van der Waals surface area (Å²) in [6.45, 7) is 6.51. The molecule has 11 heteroatoms. The SMILES string of the molecule is CCOC(=O)CCc1ccc(OCC(=O)N(CC)CC)cc1Oc1ncc(C(F)(F)F)cc1Cl. The molecule has 0 atom stereocenters. The van der Waals surface area contributed by atoms with Crippen molar-refractivity contribution >= 4 is 23.5 Å². The average molecular weight is 503 g/mol. The van der Waals surface area contributed by atoms with E-state index in [1.54, 1.807) is 24.0 Å². The summed E-state index contributed by atoms with van der Waals surface area (Å²) in [5.41, 5.74) is -0.465. The van der Waals surface area contributed by atoms with E-state index in [0.29, 0.717) is 36.7 Å². The second kappa shape index (κ2) is 12.5. The molecule has 0 spiro atoms. The zero-order valence-electron chi connectivity index (χ0n) is 19.1. The van der Waals surface area contributed by atoms with E-state index >= 15 is 0 Å². The van der Waals surface area contributed by atoms with Crippen molar-refractivity contribution in [2.75, 3.05) is 26.3 Å². The van der Waals surface area contributed by atoms with Gasteiger partial charge in [-0.1, -0.05) is 17.7 Å². The molecule has 2 aromatic rings. The molecule has 1 aromatic carbocycles. The van der Waals surface area contributed by atoms with Crippen LogP contribution in [0.1, 0.15) is 38.3 Å². The number of carbonyl (C=O) groups excluding carboxylic acids is 2. The highest BCUT2D eigenvalue weighted by atomic mass is 35.5. The van der Waals surface area contributed by atoms with Crippen LogP contribution in [0.25, 0.3) is 0 Å². The number of ether oxygens (including phenoxy) is 3. The third-order valence-electron chi connectivity index (χ3n) is 4.76. The monoisotopic (exact) mass is 502 g/mol. The van der Waals surface area contributed by atoms with Gasteiger partial charge in [-0.3, -0.25) is 9.59 Å². The molecule has 2 rings (SSSR count). The van der Waals surface area contributed by atoms with Gasteiger partial charge in [0, 0.05) is 31.8 Å². The highest BCUT2D eigenvalue weighted by Gasteiger charge is 2.32. The number of carbonyl (C=O) groups is 2. The number of benzene rings is 1. The molecule has 0 bridgehead atoms. The number of hydrogen-bond donors (Lipinski definition) is 0. The van der Waals surface area contributed by atoms with Gasteiger partial charge in [0.1, 0.15) is 16.5 Å².